The number of fused-ring (bicyclic) bond motifs is 1. The normalized spacial score (nSPS) is 13.2. The van der Waals surface area contributed by atoms with Crippen LogP contribution in [0.4, 0.5) is 0 Å². The van der Waals surface area contributed by atoms with Crippen molar-refractivity contribution in [1.29, 1.82) is 0 Å². The van der Waals surface area contributed by atoms with Crippen LogP contribution in [0.1, 0.15) is 43.9 Å². The zero-order valence-electron chi connectivity index (χ0n) is 10.6. The third-order valence-corrected chi connectivity index (χ3v) is 3.35. The van der Waals surface area contributed by atoms with E-state index in [0.29, 0.717) is 5.92 Å². The van der Waals surface area contributed by atoms with Crippen LogP contribution in [0.25, 0.3) is 10.9 Å². The maximum atomic E-state index is 4.45. The predicted molar refractivity (Wildman–Crippen MR) is 68.8 cm³/mol. The Bertz CT molecular complexity index is 497. The Labute approximate surface area is 97.3 Å². The van der Waals surface area contributed by atoms with E-state index in [9.17, 15) is 0 Å². The fraction of sp³-hybridized carbons (Fsp3) is 0.500. The molecule has 0 fully saturated rings. The number of rotatable bonds is 3. The maximum Gasteiger partial charge on any atom is 0.0682 e. The van der Waals surface area contributed by atoms with Crippen LogP contribution in [0.15, 0.2) is 18.2 Å². The second kappa shape index (κ2) is 4.28. The van der Waals surface area contributed by atoms with Gasteiger partial charge in [0.25, 0.3) is 0 Å². The van der Waals surface area contributed by atoms with Crippen molar-refractivity contribution in [1.82, 2.24) is 9.78 Å². The van der Waals surface area contributed by atoms with Crippen molar-refractivity contribution in [2.45, 2.75) is 39.5 Å². The van der Waals surface area contributed by atoms with Gasteiger partial charge in [0.2, 0.25) is 0 Å². The highest BCUT2D eigenvalue weighted by Gasteiger charge is 2.09. The molecule has 0 aliphatic carbocycles. The van der Waals surface area contributed by atoms with Crippen LogP contribution < -0.4 is 0 Å². The molecule has 0 aliphatic heterocycles. The number of nitrogens with zero attached hydrogens (tertiary/aromatic N) is 2. The van der Waals surface area contributed by atoms with E-state index >= 15 is 0 Å². The Morgan fingerprint density at radius 3 is 2.81 bits per heavy atom. The molecular weight excluding hydrogens is 196 g/mol. The molecule has 2 heteroatoms. The summed E-state index contributed by atoms with van der Waals surface area (Å²) in [4.78, 5) is 0. The molecule has 1 heterocycles. The van der Waals surface area contributed by atoms with Gasteiger partial charge >= 0.3 is 0 Å². The van der Waals surface area contributed by atoms with Gasteiger partial charge in [0.1, 0.15) is 0 Å². The van der Waals surface area contributed by atoms with Gasteiger partial charge < -0.3 is 0 Å². The lowest BCUT2D eigenvalue weighted by Crippen LogP contribution is -1.93. The zero-order chi connectivity index (χ0) is 11.7. The van der Waals surface area contributed by atoms with Crippen LogP contribution in [0.2, 0.25) is 0 Å². The quantitative estimate of drug-likeness (QED) is 0.763. The third-order valence-electron chi connectivity index (χ3n) is 3.35. The van der Waals surface area contributed by atoms with E-state index in [0.717, 1.165) is 5.69 Å². The SMILES string of the molecule is CCCC(C)c1ccc2c(c1)c(C)nn2C. The summed E-state index contributed by atoms with van der Waals surface area (Å²) in [6.07, 6.45) is 2.50. The summed E-state index contributed by atoms with van der Waals surface area (Å²) in [6, 6.07) is 6.73. The Balaban J connectivity index is 2.47. The molecule has 0 bridgehead atoms. The molecule has 86 valence electrons. The fourth-order valence-electron chi connectivity index (χ4n) is 2.36. The van der Waals surface area contributed by atoms with Crippen LogP contribution in [-0.2, 0) is 7.05 Å². The van der Waals surface area contributed by atoms with Gasteiger partial charge in [0, 0.05) is 12.4 Å². The summed E-state index contributed by atoms with van der Waals surface area (Å²) in [6.45, 7) is 6.62. The molecule has 2 rings (SSSR count). The van der Waals surface area contributed by atoms with E-state index in [1.54, 1.807) is 0 Å². The molecule has 1 unspecified atom stereocenters. The molecule has 1 aromatic heterocycles. The minimum absolute atomic E-state index is 0.647. The first-order chi connectivity index (χ1) is 7.63. The monoisotopic (exact) mass is 216 g/mol. The van der Waals surface area contributed by atoms with E-state index in [4.69, 9.17) is 0 Å². The first-order valence-corrected chi connectivity index (χ1v) is 6.06. The molecule has 0 N–H and O–H groups in total. The molecule has 1 aromatic carbocycles. The van der Waals surface area contributed by atoms with Gasteiger partial charge in [-0.2, -0.15) is 5.10 Å². The van der Waals surface area contributed by atoms with Crippen molar-refractivity contribution in [3.05, 3.63) is 29.5 Å². The number of hydrogen-bond donors (Lipinski definition) is 0. The van der Waals surface area contributed by atoms with Gasteiger partial charge in [0.15, 0.2) is 0 Å². The number of aryl methyl sites for hydroxylation is 2. The molecule has 0 aliphatic rings. The average molecular weight is 216 g/mol. The van der Waals surface area contributed by atoms with Crippen molar-refractivity contribution in [3.63, 3.8) is 0 Å². The zero-order valence-corrected chi connectivity index (χ0v) is 10.6. The summed E-state index contributed by atoms with van der Waals surface area (Å²) in [5.41, 5.74) is 3.79. The fourth-order valence-corrected chi connectivity index (χ4v) is 2.36. The Kier molecular flexibility index (Phi) is 2.99. The van der Waals surface area contributed by atoms with Gasteiger partial charge in [-0.1, -0.05) is 26.3 Å². The number of aromatic nitrogens is 2. The molecule has 16 heavy (non-hydrogen) atoms. The van der Waals surface area contributed by atoms with Crippen LogP contribution in [0.3, 0.4) is 0 Å². The Hall–Kier alpha value is -1.31. The van der Waals surface area contributed by atoms with Crippen LogP contribution in [-0.4, -0.2) is 9.78 Å². The summed E-state index contributed by atoms with van der Waals surface area (Å²) in [5, 5.41) is 5.75. The summed E-state index contributed by atoms with van der Waals surface area (Å²) in [7, 11) is 2.00. The van der Waals surface area contributed by atoms with Crippen molar-refractivity contribution < 1.29 is 0 Å². The lowest BCUT2D eigenvalue weighted by atomic mass is 9.95. The van der Waals surface area contributed by atoms with Crippen molar-refractivity contribution in [2.24, 2.45) is 7.05 Å². The molecule has 0 radical (unpaired) electrons. The summed E-state index contributed by atoms with van der Waals surface area (Å²) in [5.74, 6) is 0.647. The molecule has 2 nitrogen and oxygen atoms in total. The van der Waals surface area contributed by atoms with E-state index in [-0.39, 0.29) is 0 Å². The van der Waals surface area contributed by atoms with Crippen molar-refractivity contribution in [3.8, 4) is 0 Å². The summed E-state index contributed by atoms with van der Waals surface area (Å²) >= 11 is 0. The molecule has 0 saturated carbocycles. The lowest BCUT2D eigenvalue weighted by Gasteiger charge is -2.10. The molecule has 0 spiro atoms. The first-order valence-electron chi connectivity index (χ1n) is 6.06. The van der Waals surface area contributed by atoms with Crippen LogP contribution >= 0.6 is 0 Å². The molecule has 0 amide bonds. The van der Waals surface area contributed by atoms with E-state index in [1.165, 1.54) is 29.3 Å². The standard InChI is InChI=1S/C14H20N2/c1-5-6-10(2)12-7-8-14-13(9-12)11(3)15-16(14)4/h7-10H,5-6H2,1-4H3. The van der Waals surface area contributed by atoms with Gasteiger partial charge in [-0.05, 0) is 37.0 Å². The predicted octanol–water partition coefficient (Wildman–Crippen LogP) is 3.79. The highest BCUT2D eigenvalue weighted by Crippen LogP contribution is 2.26. The van der Waals surface area contributed by atoms with Crippen molar-refractivity contribution >= 4 is 10.9 Å². The smallest absolute Gasteiger partial charge is 0.0682 e. The molecular formula is C14H20N2. The second-order valence-electron chi connectivity index (χ2n) is 4.68. The van der Waals surface area contributed by atoms with Crippen LogP contribution in [0, 0.1) is 6.92 Å². The highest BCUT2D eigenvalue weighted by atomic mass is 15.3. The lowest BCUT2D eigenvalue weighted by molar-refractivity contribution is 0.665. The first kappa shape index (κ1) is 11.2. The van der Waals surface area contributed by atoms with E-state index in [1.807, 2.05) is 11.7 Å². The van der Waals surface area contributed by atoms with E-state index in [2.05, 4.69) is 44.1 Å². The van der Waals surface area contributed by atoms with E-state index < -0.39 is 0 Å². The Morgan fingerprint density at radius 2 is 2.12 bits per heavy atom. The van der Waals surface area contributed by atoms with Gasteiger partial charge in [-0.25, -0.2) is 0 Å². The van der Waals surface area contributed by atoms with Gasteiger partial charge in [0.05, 0.1) is 11.2 Å². The maximum absolute atomic E-state index is 4.45. The number of hydrogen-bond acceptors (Lipinski definition) is 1. The molecule has 2 aromatic rings. The third kappa shape index (κ3) is 1.84. The summed E-state index contributed by atoms with van der Waals surface area (Å²) < 4.78 is 1.96. The molecule has 1 atom stereocenters. The van der Waals surface area contributed by atoms with Crippen LogP contribution in [0.5, 0.6) is 0 Å². The number of benzene rings is 1. The van der Waals surface area contributed by atoms with Crippen molar-refractivity contribution in [2.75, 3.05) is 0 Å². The average Bonchev–Trinajstić information content (AvgIpc) is 2.55. The largest absolute Gasteiger partial charge is 0.268 e. The highest BCUT2D eigenvalue weighted by molar-refractivity contribution is 5.82. The Morgan fingerprint density at radius 1 is 1.38 bits per heavy atom. The second-order valence-corrected chi connectivity index (χ2v) is 4.68. The molecule has 0 saturated heterocycles. The van der Waals surface area contributed by atoms with Gasteiger partial charge in [-0.3, -0.25) is 4.68 Å². The topological polar surface area (TPSA) is 17.8 Å². The minimum atomic E-state index is 0.647. The minimum Gasteiger partial charge on any atom is -0.268 e. The van der Waals surface area contributed by atoms with Gasteiger partial charge in [-0.15, -0.1) is 0 Å².